The monoisotopic (exact) mass is 312 g/mol. The van der Waals surface area contributed by atoms with Gasteiger partial charge in [-0.3, -0.25) is 4.79 Å². The molecule has 21 heavy (non-hydrogen) atoms. The summed E-state index contributed by atoms with van der Waals surface area (Å²) >= 11 is 0. The second kappa shape index (κ2) is 6.58. The first-order valence-electron chi connectivity index (χ1n) is 6.89. The molecule has 5 nitrogen and oxygen atoms in total. The summed E-state index contributed by atoms with van der Waals surface area (Å²) in [4.78, 5) is 12.0. The molecule has 0 heterocycles. The lowest BCUT2D eigenvalue weighted by atomic mass is 10.1. The van der Waals surface area contributed by atoms with Gasteiger partial charge >= 0.3 is 0 Å². The van der Waals surface area contributed by atoms with E-state index in [-0.39, 0.29) is 23.4 Å². The highest BCUT2D eigenvalue weighted by Gasteiger charge is 2.26. The van der Waals surface area contributed by atoms with Gasteiger partial charge in [0, 0.05) is 13.1 Å². The fourth-order valence-corrected chi connectivity index (χ4v) is 3.91. The Morgan fingerprint density at radius 2 is 1.67 bits per heavy atom. The summed E-state index contributed by atoms with van der Waals surface area (Å²) in [6.45, 7) is 8.95. The van der Waals surface area contributed by atoms with Crippen LogP contribution >= 0.6 is 0 Å². The Labute approximate surface area is 127 Å². The van der Waals surface area contributed by atoms with Gasteiger partial charge in [0.05, 0.1) is 11.4 Å². The van der Waals surface area contributed by atoms with E-state index in [0.29, 0.717) is 11.1 Å². The number of nitrogens with zero attached hydrogens (tertiary/aromatic N) is 1. The van der Waals surface area contributed by atoms with Crippen molar-refractivity contribution < 1.29 is 13.2 Å². The van der Waals surface area contributed by atoms with Crippen LogP contribution in [0.3, 0.4) is 0 Å². The first kappa shape index (κ1) is 17.7. The molecule has 1 rings (SSSR count). The Morgan fingerprint density at radius 1 is 1.19 bits per heavy atom. The van der Waals surface area contributed by atoms with Gasteiger partial charge in [-0.05, 0) is 45.7 Å². The molecule has 0 radical (unpaired) electrons. The largest absolute Gasteiger partial charge is 0.353 e. The van der Waals surface area contributed by atoms with Crippen molar-refractivity contribution in [3.8, 4) is 0 Å². The minimum atomic E-state index is -3.68. The number of benzene rings is 1. The molecule has 0 aromatic heterocycles. The van der Waals surface area contributed by atoms with Gasteiger partial charge in [0.25, 0.3) is 0 Å². The summed E-state index contributed by atoms with van der Waals surface area (Å²) in [6, 6.07) is 3.65. The van der Waals surface area contributed by atoms with Crippen LogP contribution < -0.4 is 5.32 Å². The molecule has 0 unspecified atom stereocenters. The van der Waals surface area contributed by atoms with Crippen LogP contribution in [0.1, 0.15) is 30.5 Å². The van der Waals surface area contributed by atoms with Crippen molar-refractivity contribution >= 4 is 15.9 Å². The molecule has 0 aliphatic heterocycles. The third kappa shape index (κ3) is 4.28. The van der Waals surface area contributed by atoms with Crippen molar-refractivity contribution in [3.63, 3.8) is 0 Å². The Hall–Kier alpha value is -1.40. The number of amides is 1. The van der Waals surface area contributed by atoms with Crippen molar-refractivity contribution in [2.24, 2.45) is 0 Å². The number of nitrogens with one attached hydrogen (secondary N) is 1. The number of rotatable bonds is 5. The fraction of sp³-hybridized carbons (Fsp3) is 0.533. The van der Waals surface area contributed by atoms with Crippen LogP contribution in [-0.2, 0) is 14.8 Å². The third-order valence-electron chi connectivity index (χ3n) is 3.09. The first-order valence-corrected chi connectivity index (χ1v) is 8.33. The predicted octanol–water partition coefficient (Wildman–Crippen LogP) is 1.76. The molecule has 0 aliphatic carbocycles. The van der Waals surface area contributed by atoms with Gasteiger partial charge in [0.15, 0.2) is 0 Å². The highest BCUT2D eigenvalue weighted by atomic mass is 32.2. The van der Waals surface area contributed by atoms with Crippen LogP contribution in [0.2, 0.25) is 0 Å². The van der Waals surface area contributed by atoms with Crippen molar-refractivity contribution in [3.05, 3.63) is 28.8 Å². The molecule has 0 spiro atoms. The summed E-state index contributed by atoms with van der Waals surface area (Å²) < 4.78 is 26.4. The van der Waals surface area contributed by atoms with Gasteiger partial charge in [-0.2, -0.15) is 4.31 Å². The lowest BCUT2D eigenvalue weighted by molar-refractivity contribution is -0.121. The molecule has 0 fully saturated rings. The predicted molar refractivity (Wildman–Crippen MR) is 83.7 cm³/mol. The van der Waals surface area contributed by atoms with Crippen LogP contribution in [0.4, 0.5) is 0 Å². The number of carbonyl (C=O) groups is 1. The van der Waals surface area contributed by atoms with E-state index < -0.39 is 10.0 Å². The van der Waals surface area contributed by atoms with E-state index in [2.05, 4.69) is 5.32 Å². The number of aryl methyl sites for hydroxylation is 3. The summed E-state index contributed by atoms with van der Waals surface area (Å²) in [7, 11) is -2.25. The van der Waals surface area contributed by atoms with E-state index in [4.69, 9.17) is 0 Å². The number of likely N-dealkylation sites (N-methyl/N-ethyl adjacent to an activating group) is 1. The molecule has 0 atom stereocenters. The van der Waals surface area contributed by atoms with Crippen LogP contribution in [0.15, 0.2) is 17.0 Å². The second-order valence-electron chi connectivity index (χ2n) is 5.71. The lowest BCUT2D eigenvalue weighted by Crippen LogP contribution is -2.41. The zero-order valence-electron chi connectivity index (χ0n) is 13.5. The third-order valence-corrected chi connectivity index (χ3v) is 5.20. The van der Waals surface area contributed by atoms with Gasteiger partial charge in [-0.1, -0.05) is 17.7 Å². The molecule has 1 amide bonds. The molecule has 0 saturated carbocycles. The standard InChI is InChI=1S/C15H24N2O3S/c1-10(2)16-14(18)9-17(6)21(19,20)15-12(4)7-11(3)8-13(15)5/h7-8,10H,9H2,1-6H3,(H,16,18). The van der Waals surface area contributed by atoms with Crippen molar-refractivity contribution in [1.82, 2.24) is 9.62 Å². The average Bonchev–Trinajstić information content (AvgIpc) is 2.24. The van der Waals surface area contributed by atoms with Gasteiger partial charge in [-0.25, -0.2) is 8.42 Å². The van der Waals surface area contributed by atoms with Crippen LogP contribution in [0, 0.1) is 20.8 Å². The Balaban J connectivity index is 3.09. The molecular formula is C15H24N2O3S. The number of carbonyl (C=O) groups excluding carboxylic acids is 1. The highest BCUT2D eigenvalue weighted by molar-refractivity contribution is 7.89. The van der Waals surface area contributed by atoms with E-state index in [1.165, 1.54) is 7.05 Å². The van der Waals surface area contributed by atoms with Crippen molar-refractivity contribution in [1.29, 1.82) is 0 Å². The molecule has 118 valence electrons. The molecule has 6 heteroatoms. The zero-order chi connectivity index (χ0) is 16.4. The highest BCUT2D eigenvalue weighted by Crippen LogP contribution is 2.24. The topological polar surface area (TPSA) is 66.5 Å². The smallest absolute Gasteiger partial charge is 0.243 e. The maximum absolute atomic E-state index is 12.7. The normalized spacial score (nSPS) is 12.0. The SMILES string of the molecule is Cc1cc(C)c(S(=O)(=O)N(C)CC(=O)NC(C)C)c(C)c1. The van der Waals surface area contributed by atoms with Gasteiger partial charge in [-0.15, -0.1) is 0 Å². The molecule has 1 aromatic rings. The van der Waals surface area contributed by atoms with Crippen molar-refractivity contribution in [2.45, 2.75) is 45.6 Å². The van der Waals surface area contributed by atoms with Gasteiger partial charge < -0.3 is 5.32 Å². The van der Waals surface area contributed by atoms with Crippen LogP contribution in [-0.4, -0.2) is 38.3 Å². The minimum absolute atomic E-state index is 0.0172. The Kier molecular flexibility index (Phi) is 5.53. The summed E-state index contributed by atoms with van der Waals surface area (Å²) in [6.07, 6.45) is 0. The Morgan fingerprint density at radius 3 is 2.10 bits per heavy atom. The van der Waals surface area contributed by atoms with Gasteiger partial charge in [0.2, 0.25) is 15.9 Å². The minimum Gasteiger partial charge on any atom is -0.353 e. The van der Waals surface area contributed by atoms with E-state index in [9.17, 15) is 13.2 Å². The maximum atomic E-state index is 12.7. The van der Waals surface area contributed by atoms with E-state index in [0.717, 1.165) is 9.87 Å². The van der Waals surface area contributed by atoms with Crippen LogP contribution in [0.5, 0.6) is 0 Å². The number of hydrogen-bond donors (Lipinski definition) is 1. The summed E-state index contributed by atoms with van der Waals surface area (Å²) in [5, 5.41) is 2.69. The number of hydrogen-bond acceptors (Lipinski definition) is 3. The summed E-state index contributed by atoms with van der Waals surface area (Å²) in [5.74, 6) is -0.307. The van der Waals surface area contributed by atoms with Gasteiger partial charge in [0.1, 0.15) is 0 Å². The van der Waals surface area contributed by atoms with E-state index in [1.54, 1.807) is 13.8 Å². The van der Waals surface area contributed by atoms with E-state index >= 15 is 0 Å². The fourth-order valence-electron chi connectivity index (χ4n) is 2.38. The quantitative estimate of drug-likeness (QED) is 0.901. The molecule has 1 aromatic carbocycles. The second-order valence-corrected chi connectivity index (χ2v) is 7.69. The lowest BCUT2D eigenvalue weighted by Gasteiger charge is -2.20. The van der Waals surface area contributed by atoms with Crippen molar-refractivity contribution in [2.75, 3.05) is 13.6 Å². The Bertz CT molecular complexity index is 613. The maximum Gasteiger partial charge on any atom is 0.243 e. The molecular weight excluding hydrogens is 288 g/mol. The zero-order valence-corrected chi connectivity index (χ0v) is 14.3. The average molecular weight is 312 g/mol. The number of sulfonamides is 1. The van der Waals surface area contributed by atoms with Crippen LogP contribution in [0.25, 0.3) is 0 Å². The molecule has 0 saturated heterocycles. The molecule has 0 bridgehead atoms. The summed E-state index contributed by atoms with van der Waals surface area (Å²) in [5.41, 5.74) is 2.41. The van der Waals surface area contributed by atoms with E-state index in [1.807, 2.05) is 32.9 Å². The molecule has 1 N–H and O–H groups in total. The molecule has 0 aliphatic rings. The first-order chi connectivity index (χ1) is 9.55.